The molecule has 1 nitrogen and oxygen atoms in total. The average Bonchev–Trinajstić information content (AvgIpc) is 2.43. The summed E-state index contributed by atoms with van der Waals surface area (Å²) in [6, 6.07) is 10.6. The molecule has 14 heavy (non-hydrogen) atoms. The number of nitrogens with zero attached hydrogens (tertiary/aromatic N) is 1. The molecule has 0 amide bonds. The predicted molar refractivity (Wildman–Crippen MR) is 64.7 cm³/mol. The van der Waals surface area contributed by atoms with Gasteiger partial charge in [0, 0.05) is 15.7 Å². The largest absolute Gasteiger partial charge is 0.340 e. The zero-order chi connectivity index (χ0) is 10.1. The Morgan fingerprint density at radius 3 is 2.86 bits per heavy atom. The van der Waals surface area contributed by atoms with E-state index in [4.69, 9.17) is 0 Å². The Labute approximate surface area is 92.2 Å². The summed E-state index contributed by atoms with van der Waals surface area (Å²) in [7, 11) is 0. The molecule has 72 valence electrons. The van der Waals surface area contributed by atoms with Gasteiger partial charge in [-0.1, -0.05) is 40.7 Å². The fourth-order valence-corrected chi connectivity index (χ4v) is 1.98. The molecule has 1 aromatic heterocycles. The van der Waals surface area contributed by atoms with Gasteiger partial charge >= 0.3 is 0 Å². The van der Waals surface area contributed by atoms with Gasteiger partial charge in [-0.15, -0.1) is 0 Å². The number of halogens is 1. The van der Waals surface area contributed by atoms with Crippen LogP contribution in [0.3, 0.4) is 0 Å². The molecule has 0 radical (unpaired) electrons. The topological polar surface area (TPSA) is 4.93 Å². The maximum absolute atomic E-state index is 3.87. The van der Waals surface area contributed by atoms with Crippen LogP contribution < -0.4 is 0 Å². The second-order valence-electron chi connectivity index (χ2n) is 3.45. The number of hydrogen-bond acceptors (Lipinski definition) is 0. The van der Waals surface area contributed by atoms with Crippen LogP contribution in [0, 0.1) is 6.92 Å². The Morgan fingerprint density at radius 2 is 2.14 bits per heavy atom. The minimum absolute atomic E-state index is 0.833. The number of benzene rings is 1. The maximum Gasteiger partial charge on any atom is 0.0538 e. The van der Waals surface area contributed by atoms with Gasteiger partial charge in [-0.3, -0.25) is 0 Å². The summed E-state index contributed by atoms with van der Waals surface area (Å²) in [5.41, 5.74) is 2.54. The van der Waals surface area contributed by atoms with Gasteiger partial charge in [0.1, 0.15) is 0 Å². The highest BCUT2D eigenvalue weighted by Gasteiger charge is 2.04. The zero-order valence-corrected chi connectivity index (χ0v) is 9.71. The molecule has 1 heterocycles. The first-order valence-electron chi connectivity index (χ1n) is 4.56. The van der Waals surface area contributed by atoms with Gasteiger partial charge in [-0.25, -0.2) is 0 Å². The van der Waals surface area contributed by atoms with Crippen LogP contribution in [-0.4, -0.2) is 4.57 Å². The molecular weight excluding hydrogens is 238 g/mol. The van der Waals surface area contributed by atoms with Crippen LogP contribution in [0.1, 0.15) is 5.69 Å². The Morgan fingerprint density at radius 1 is 1.43 bits per heavy atom. The van der Waals surface area contributed by atoms with Crippen LogP contribution in [0.4, 0.5) is 0 Å². The molecule has 0 aliphatic rings. The molecule has 0 aliphatic carbocycles. The van der Waals surface area contributed by atoms with Crippen molar-refractivity contribution in [3.8, 4) is 0 Å². The van der Waals surface area contributed by atoms with Crippen molar-refractivity contribution in [2.24, 2.45) is 0 Å². The van der Waals surface area contributed by atoms with E-state index in [1.54, 1.807) is 0 Å². The number of hydrogen-bond donors (Lipinski definition) is 0. The summed E-state index contributed by atoms with van der Waals surface area (Å²) in [5.74, 6) is 0. The third-order valence-corrected chi connectivity index (χ3v) is 2.60. The minimum atomic E-state index is 0.833. The normalized spacial score (nSPS) is 10.7. The molecule has 0 spiro atoms. The molecule has 2 heteroatoms. The van der Waals surface area contributed by atoms with E-state index >= 15 is 0 Å². The summed E-state index contributed by atoms with van der Waals surface area (Å²) in [4.78, 5) is 0. The van der Waals surface area contributed by atoms with E-state index in [2.05, 4.69) is 64.3 Å². The van der Waals surface area contributed by atoms with E-state index in [-0.39, 0.29) is 0 Å². The average molecular weight is 250 g/mol. The first-order valence-corrected chi connectivity index (χ1v) is 5.36. The molecule has 0 saturated heterocycles. The molecule has 0 bridgehead atoms. The fourth-order valence-electron chi connectivity index (χ4n) is 1.73. The number of allylic oxidation sites excluding steroid dienone is 1. The SMILES string of the molecule is C=C(Br)Cn1c(C)cc2ccccc21. The number of para-hydroxylation sites is 1. The Hall–Kier alpha value is -1.02. The molecule has 2 aromatic rings. The molecule has 0 fully saturated rings. The second-order valence-corrected chi connectivity index (χ2v) is 4.57. The third-order valence-electron chi connectivity index (χ3n) is 2.35. The molecule has 2 rings (SSSR count). The van der Waals surface area contributed by atoms with E-state index in [1.807, 2.05) is 0 Å². The van der Waals surface area contributed by atoms with Crippen molar-refractivity contribution in [2.75, 3.05) is 0 Å². The number of rotatable bonds is 2. The quantitative estimate of drug-likeness (QED) is 0.762. The summed E-state index contributed by atoms with van der Waals surface area (Å²) < 4.78 is 3.26. The van der Waals surface area contributed by atoms with Crippen molar-refractivity contribution in [3.63, 3.8) is 0 Å². The molecule has 0 unspecified atom stereocenters. The monoisotopic (exact) mass is 249 g/mol. The van der Waals surface area contributed by atoms with E-state index in [0.717, 1.165) is 11.0 Å². The van der Waals surface area contributed by atoms with Crippen molar-refractivity contribution < 1.29 is 0 Å². The van der Waals surface area contributed by atoms with Gasteiger partial charge in [0.15, 0.2) is 0 Å². The minimum Gasteiger partial charge on any atom is -0.340 e. The van der Waals surface area contributed by atoms with Crippen molar-refractivity contribution >= 4 is 26.8 Å². The smallest absolute Gasteiger partial charge is 0.0538 e. The first-order chi connectivity index (χ1) is 6.68. The van der Waals surface area contributed by atoms with Crippen LogP contribution in [0.15, 0.2) is 41.4 Å². The van der Waals surface area contributed by atoms with Gasteiger partial charge < -0.3 is 4.57 Å². The Bertz CT molecular complexity index is 482. The number of aromatic nitrogens is 1. The first kappa shape index (κ1) is 9.53. The summed E-state index contributed by atoms with van der Waals surface area (Å²) in [5, 5.41) is 1.29. The zero-order valence-electron chi connectivity index (χ0n) is 8.13. The summed E-state index contributed by atoms with van der Waals surface area (Å²) >= 11 is 3.40. The second kappa shape index (κ2) is 3.62. The van der Waals surface area contributed by atoms with Gasteiger partial charge in [-0.05, 0) is 24.4 Å². The highest BCUT2D eigenvalue weighted by molar-refractivity contribution is 9.11. The maximum atomic E-state index is 3.87. The van der Waals surface area contributed by atoms with Gasteiger partial charge in [0.05, 0.1) is 6.54 Å². The standard InChI is InChI=1S/C12H12BrN/c1-9(13)8-14-10(2)7-11-5-3-4-6-12(11)14/h3-7H,1,8H2,2H3. The fraction of sp³-hybridized carbons (Fsp3) is 0.167. The van der Waals surface area contributed by atoms with E-state index in [0.29, 0.717) is 0 Å². The Balaban J connectivity index is 2.62. The van der Waals surface area contributed by atoms with Crippen molar-refractivity contribution in [1.82, 2.24) is 4.57 Å². The summed E-state index contributed by atoms with van der Waals surface area (Å²) in [6.07, 6.45) is 0. The lowest BCUT2D eigenvalue weighted by Gasteiger charge is -2.06. The van der Waals surface area contributed by atoms with Crippen LogP contribution in [0.25, 0.3) is 10.9 Å². The Kier molecular flexibility index (Phi) is 2.46. The lowest BCUT2D eigenvalue weighted by molar-refractivity contribution is 0.823. The van der Waals surface area contributed by atoms with Crippen LogP contribution in [0.2, 0.25) is 0 Å². The van der Waals surface area contributed by atoms with Gasteiger partial charge in [0.25, 0.3) is 0 Å². The number of fused-ring (bicyclic) bond motifs is 1. The van der Waals surface area contributed by atoms with Crippen LogP contribution >= 0.6 is 15.9 Å². The van der Waals surface area contributed by atoms with Crippen molar-refractivity contribution in [1.29, 1.82) is 0 Å². The van der Waals surface area contributed by atoms with Crippen LogP contribution in [-0.2, 0) is 6.54 Å². The van der Waals surface area contributed by atoms with Crippen LogP contribution in [0.5, 0.6) is 0 Å². The molecule has 0 atom stereocenters. The lowest BCUT2D eigenvalue weighted by atomic mass is 10.2. The lowest BCUT2D eigenvalue weighted by Crippen LogP contribution is -1.98. The summed E-state index contributed by atoms with van der Waals surface area (Å²) in [6.45, 7) is 6.83. The molecular formula is C12H12BrN. The highest BCUT2D eigenvalue weighted by Crippen LogP contribution is 2.21. The van der Waals surface area contributed by atoms with Crippen molar-refractivity contribution in [2.45, 2.75) is 13.5 Å². The van der Waals surface area contributed by atoms with E-state index < -0.39 is 0 Å². The van der Waals surface area contributed by atoms with Gasteiger partial charge in [-0.2, -0.15) is 0 Å². The number of aryl methyl sites for hydroxylation is 1. The van der Waals surface area contributed by atoms with Crippen molar-refractivity contribution in [3.05, 3.63) is 47.1 Å². The van der Waals surface area contributed by atoms with Gasteiger partial charge in [0.2, 0.25) is 0 Å². The molecule has 0 saturated carbocycles. The van der Waals surface area contributed by atoms with E-state index in [9.17, 15) is 0 Å². The molecule has 1 aromatic carbocycles. The molecule has 0 aliphatic heterocycles. The highest BCUT2D eigenvalue weighted by atomic mass is 79.9. The van der Waals surface area contributed by atoms with E-state index in [1.165, 1.54) is 16.6 Å². The third kappa shape index (κ3) is 1.62. The predicted octanol–water partition coefficient (Wildman–Crippen LogP) is 3.86. The molecule has 0 N–H and O–H groups in total.